The van der Waals surface area contributed by atoms with Crippen LogP contribution in [0.25, 0.3) is 5.69 Å². The summed E-state index contributed by atoms with van der Waals surface area (Å²) in [7, 11) is 0. The van der Waals surface area contributed by atoms with Crippen LogP contribution in [0.4, 0.5) is 11.4 Å². The van der Waals surface area contributed by atoms with E-state index < -0.39 is 4.92 Å². The van der Waals surface area contributed by atoms with Gasteiger partial charge in [-0.25, -0.2) is 4.98 Å². The maximum absolute atomic E-state index is 13.2. The first-order valence-electron chi connectivity index (χ1n) is 11.0. The van der Waals surface area contributed by atoms with E-state index in [0.717, 1.165) is 36.4 Å². The maximum atomic E-state index is 13.2. The van der Waals surface area contributed by atoms with Gasteiger partial charge >= 0.3 is 0 Å². The summed E-state index contributed by atoms with van der Waals surface area (Å²) in [5, 5.41) is 14.3. The van der Waals surface area contributed by atoms with Gasteiger partial charge in [0.25, 0.3) is 11.2 Å². The third kappa shape index (κ3) is 5.51. The molecule has 1 N–H and O–H groups in total. The monoisotopic (exact) mass is 496 g/mol. The van der Waals surface area contributed by atoms with Gasteiger partial charge in [0.15, 0.2) is 5.16 Å². The number of amides is 1. The predicted octanol–water partition coefficient (Wildman–Crippen LogP) is 4.86. The minimum Gasteiger partial charge on any atom is -0.325 e. The van der Waals surface area contributed by atoms with E-state index in [1.807, 2.05) is 24.3 Å². The molecular weight excluding hydrogens is 472 g/mol. The Labute approximate surface area is 205 Å². The number of aryl methyl sites for hydroxylation is 2. The van der Waals surface area contributed by atoms with Gasteiger partial charge in [0.2, 0.25) is 5.91 Å². The molecule has 0 saturated carbocycles. The lowest BCUT2D eigenvalue weighted by atomic mass is 10.1. The second kappa shape index (κ2) is 10.9. The van der Waals surface area contributed by atoms with Gasteiger partial charge < -0.3 is 5.32 Å². The van der Waals surface area contributed by atoms with Gasteiger partial charge in [-0.15, -0.1) is 11.8 Å². The van der Waals surface area contributed by atoms with Gasteiger partial charge in [-0.05, 0) is 42.7 Å². The molecule has 0 aliphatic carbocycles. The molecule has 1 aromatic heterocycles. The molecule has 3 aromatic rings. The number of nitrogens with one attached hydrogen (secondary N) is 1. The Morgan fingerprint density at radius 3 is 2.62 bits per heavy atom. The Bertz CT molecular complexity index is 1260. The predicted molar refractivity (Wildman–Crippen MR) is 135 cm³/mol. The second-order valence-corrected chi connectivity index (χ2v) is 9.87. The van der Waals surface area contributed by atoms with Gasteiger partial charge in [0, 0.05) is 30.0 Å². The zero-order valence-corrected chi connectivity index (χ0v) is 20.3. The molecule has 34 heavy (non-hydrogen) atoms. The lowest BCUT2D eigenvalue weighted by Crippen LogP contribution is -2.24. The molecule has 176 valence electrons. The van der Waals surface area contributed by atoms with Crippen molar-refractivity contribution in [3.63, 3.8) is 0 Å². The fourth-order valence-electron chi connectivity index (χ4n) is 3.60. The van der Waals surface area contributed by atoms with Crippen molar-refractivity contribution >= 4 is 40.8 Å². The highest BCUT2D eigenvalue weighted by atomic mass is 32.2. The largest absolute Gasteiger partial charge is 0.325 e. The number of anilines is 1. The Morgan fingerprint density at radius 1 is 1.21 bits per heavy atom. The molecule has 4 rings (SSSR count). The Hall–Kier alpha value is -3.11. The number of non-ortho nitro benzene ring substituents is 1. The smallest absolute Gasteiger partial charge is 0.272 e. The average Bonchev–Trinajstić information content (AvgIpc) is 3.31. The third-order valence-corrected chi connectivity index (χ3v) is 7.42. The number of hydrogen-bond acceptors (Lipinski definition) is 7. The Morgan fingerprint density at radius 2 is 1.94 bits per heavy atom. The molecule has 10 heteroatoms. The van der Waals surface area contributed by atoms with Crippen molar-refractivity contribution in [3.05, 3.63) is 80.3 Å². The number of unbranched alkanes of at least 4 members (excludes halogenated alkanes) is 1. The van der Waals surface area contributed by atoms with Gasteiger partial charge in [0.05, 0.1) is 27.0 Å². The summed E-state index contributed by atoms with van der Waals surface area (Å²) in [4.78, 5) is 41.6. The van der Waals surface area contributed by atoms with Crippen LogP contribution in [-0.4, -0.2) is 31.9 Å². The van der Waals surface area contributed by atoms with E-state index in [4.69, 9.17) is 0 Å². The van der Waals surface area contributed by atoms with Crippen molar-refractivity contribution < 1.29 is 9.72 Å². The van der Waals surface area contributed by atoms with E-state index in [9.17, 15) is 19.7 Å². The maximum Gasteiger partial charge on any atom is 0.272 e. The van der Waals surface area contributed by atoms with Gasteiger partial charge in [-0.2, -0.15) is 0 Å². The quantitative estimate of drug-likeness (QED) is 0.195. The summed E-state index contributed by atoms with van der Waals surface area (Å²) in [5.74, 6) is 0.648. The zero-order chi connectivity index (χ0) is 24.1. The van der Waals surface area contributed by atoms with E-state index in [0.29, 0.717) is 22.2 Å². The topological polar surface area (TPSA) is 107 Å². The summed E-state index contributed by atoms with van der Waals surface area (Å²) in [6.07, 6.45) is 3.98. The number of carbonyl (C=O) groups excluding carboxylic acids is 1. The fourth-order valence-corrected chi connectivity index (χ4v) is 5.46. The lowest BCUT2D eigenvalue weighted by molar-refractivity contribution is -0.384. The first-order chi connectivity index (χ1) is 16.5. The highest BCUT2D eigenvalue weighted by molar-refractivity contribution is 8.00. The first-order valence-corrected chi connectivity index (χ1v) is 13.0. The molecular formula is C24H24N4O4S2. The summed E-state index contributed by atoms with van der Waals surface area (Å²) >= 11 is 2.63. The van der Waals surface area contributed by atoms with Crippen molar-refractivity contribution in [3.8, 4) is 5.69 Å². The van der Waals surface area contributed by atoms with Gasteiger partial charge in [-0.1, -0.05) is 37.2 Å². The molecule has 2 heterocycles. The molecule has 0 spiro atoms. The molecule has 2 aromatic carbocycles. The van der Waals surface area contributed by atoms with Crippen LogP contribution < -0.4 is 10.9 Å². The van der Waals surface area contributed by atoms with E-state index in [1.54, 1.807) is 0 Å². The van der Waals surface area contributed by atoms with Crippen molar-refractivity contribution in [2.45, 2.75) is 42.7 Å². The first kappa shape index (κ1) is 24.0. The Kier molecular flexibility index (Phi) is 7.69. The molecule has 0 unspecified atom stereocenters. The van der Waals surface area contributed by atoms with E-state index in [-0.39, 0.29) is 22.9 Å². The standard InChI is InChI=1S/C24H24N4O4S2/c1-2-3-4-16-5-7-17(8-6-16)25-21(29)15-34-24-26-20-13-14-33-22(20)23(30)27(24)18-9-11-19(12-10-18)28(31)32/h5-12H,2-4,13-15H2,1H3,(H,25,29). The minimum atomic E-state index is -0.486. The molecule has 0 saturated heterocycles. The SMILES string of the molecule is CCCCc1ccc(NC(=O)CSc2nc3c(c(=O)n2-c2ccc([N+](=O)[O-])cc2)SCC3)cc1. The molecule has 8 nitrogen and oxygen atoms in total. The van der Waals surface area contributed by atoms with Crippen molar-refractivity contribution in [2.24, 2.45) is 0 Å². The van der Waals surface area contributed by atoms with Crippen molar-refractivity contribution in [1.29, 1.82) is 0 Å². The van der Waals surface area contributed by atoms with Crippen LogP contribution in [0.1, 0.15) is 31.0 Å². The van der Waals surface area contributed by atoms with Gasteiger partial charge in [-0.3, -0.25) is 24.3 Å². The number of carbonyl (C=O) groups is 1. The van der Waals surface area contributed by atoms with Crippen molar-refractivity contribution in [2.75, 3.05) is 16.8 Å². The highest BCUT2D eigenvalue weighted by Crippen LogP contribution is 2.30. The third-order valence-electron chi connectivity index (χ3n) is 5.37. The second-order valence-electron chi connectivity index (χ2n) is 7.82. The van der Waals surface area contributed by atoms with Crippen LogP contribution in [0.2, 0.25) is 0 Å². The summed E-state index contributed by atoms with van der Waals surface area (Å²) < 4.78 is 1.43. The van der Waals surface area contributed by atoms with E-state index in [1.165, 1.54) is 57.9 Å². The highest BCUT2D eigenvalue weighted by Gasteiger charge is 2.23. The number of aromatic nitrogens is 2. The number of nitrogens with zero attached hydrogens (tertiary/aromatic N) is 3. The Balaban J connectivity index is 1.52. The molecule has 0 fully saturated rings. The van der Waals surface area contributed by atoms with Crippen LogP contribution >= 0.6 is 23.5 Å². The molecule has 1 aliphatic rings. The van der Waals surface area contributed by atoms with E-state index in [2.05, 4.69) is 17.2 Å². The number of rotatable bonds is 9. The number of nitro benzene ring substituents is 1. The zero-order valence-electron chi connectivity index (χ0n) is 18.7. The van der Waals surface area contributed by atoms with Crippen LogP contribution in [0.5, 0.6) is 0 Å². The molecule has 1 amide bonds. The fraction of sp³-hybridized carbons (Fsp3) is 0.292. The number of benzene rings is 2. The van der Waals surface area contributed by atoms with Crippen LogP contribution in [0.3, 0.4) is 0 Å². The van der Waals surface area contributed by atoms with Crippen LogP contribution in [0, 0.1) is 10.1 Å². The van der Waals surface area contributed by atoms with Crippen LogP contribution in [0.15, 0.2) is 63.4 Å². The van der Waals surface area contributed by atoms with Gasteiger partial charge in [0.1, 0.15) is 0 Å². The number of fused-ring (bicyclic) bond motifs is 1. The molecule has 0 bridgehead atoms. The number of thioether (sulfide) groups is 2. The molecule has 0 atom stereocenters. The summed E-state index contributed by atoms with van der Waals surface area (Å²) in [6.45, 7) is 2.15. The molecule has 1 aliphatic heterocycles. The lowest BCUT2D eigenvalue weighted by Gasteiger charge is -2.13. The van der Waals surface area contributed by atoms with Crippen LogP contribution in [-0.2, 0) is 17.6 Å². The average molecular weight is 497 g/mol. The summed E-state index contributed by atoms with van der Waals surface area (Å²) in [5.41, 5.74) is 2.89. The van der Waals surface area contributed by atoms with E-state index >= 15 is 0 Å². The number of hydrogen-bond donors (Lipinski definition) is 1. The summed E-state index contributed by atoms with van der Waals surface area (Å²) in [6, 6.07) is 13.6. The van der Waals surface area contributed by atoms with Crippen molar-refractivity contribution in [1.82, 2.24) is 9.55 Å². The normalized spacial score (nSPS) is 12.4. The minimum absolute atomic E-state index is 0.0606. The number of nitro groups is 1. The molecule has 0 radical (unpaired) electrons.